The Kier molecular flexibility index (Phi) is 5.52. The molecule has 0 fully saturated rings. The molecule has 0 unspecified atom stereocenters. The summed E-state index contributed by atoms with van der Waals surface area (Å²) in [5, 5.41) is 26.7. The van der Waals surface area contributed by atoms with Crippen LogP contribution in [0.15, 0.2) is 10.5 Å². The van der Waals surface area contributed by atoms with E-state index in [1.54, 1.807) is 13.8 Å². The number of aliphatic hydroxyl groups is 1. The summed E-state index contributed by atoms with van der Waals surface area (Å²) in [6, 6.07) is 1.28. The van der Waals surface area contributed by atoms with Crippen LogP contribution >= 0.6 is 0 Å². The van der Waals surface area contributed by atoms with E-state index >= 15 is 0 Å². The number of hydrogen-bond acceptors (Lipinski definition) is 7. The molecule has 158 valence electrons. The number of carboxylic acids is 1. The number of aromatic nitrogens is 3. The minimum Gasteiger partial charge on any atom is -0.478 e. The minimum atomic E-state index is -5.05. The van der Waals surface area contributed by atoms with E-state index in [0.29, 0.717) is 24.8 Å². The van der Waals surface area contributed by atoms with E-state index in [2.05, 4.69) is 15.2 Å². The first-order valence-electron chi connectivity index (χ1n) is 9.08. The summed E-state index contributed by atoms with van der Waals surface area (Å²) >= 11 is 0. The fraction of sp³-hybridized carbons (Fsp3) is 0.556. The van der Waals surface area contributed by atoms with Gasteiger partial charge in [0.15, 0.2) is 0 Å². The largest absolute Gasteiger partial charge is 0.478 e. The second-order valence-electron chi connectivity index (χ2n) is 7.11. The monoisotopic (exact) mass is 415 g/mol. The van der Waals surface area contributed by atoms with Crippen molar-refractivity contribution in [2.75, 3.05) is 0 Å². The van der Waals surface area contributed by atoms with Crippen LogP contribution in [0.3, 0.4) is 0 Å². The van der Waals surface area contributed by atoms with E-state index < -0.39 is 35.9 Å². The summed E-state index contributed by atoms with van der Waals surface area (Å²) in [5.41, 5.74) is -3.55. The molecule has 1 aliphatic rings. The molecule has 2 aromatic heterocycles. The number of alkyl halides is 3. The summed E-state index contributed by atoms with van der Waals surface area (Å²) < 4.78 is 51.7. The number of nitrogens with zero attached hydrogens (tertiary/aromatic N) is 3. The van der Waals surface area contributed by atoms with Crippen molar-refractivity contribution in [3.05, 3.63) is 23.1 Å². The highest BCUT2D eigenvalue weighted by Crippen LogP contribution is 2.43. The van der Waals surface area contributed by atoms with Crippen LogP contribution in [-0.2, 0) is 5.60 Å². The molecule has 0 amide bonds. The van der Waals surface area contributed by atoms with Gasteiger partial charge in [0.2, 0.25) is 11.5 Å². The molecule has 11 heteroatoms. The summed E-state index contributed by atoms with van der Waals surface area (Å²) in [4.78, 5) is 15.7. The molecule has 1 aliphatic heterocycles. The highest BCUT2D eigenvalue weighted by molar-refractivity contribution is 5.94. The fourth-order valence-electron chi connectivity index (χ4n) is 3.14. The molecule has 0 aromatic carbocycles. The van der Waals surface area contributed by atoms with E-state index in [1.807, 2.05) is 0 Å². The highest BCUT2D eigenvalue weighted by atomic mass is 19.4. The van der Waals surface area contributed by atoms with Gasteiger partial charge in [0, 0.05) is 5.56 Å². The van der Waals surface area contributed by atoms with Gasteiger partial charge in [-0.1, -0.05) is 6.42 Å². The molecule has 2 N–H and O–H groups in total. The van der Waals surface area contributed by atoms with Crippen LogP contribution in [0.2, 0.25) is 0 Å². The van der Waals surface area contributed by atoms with Crippen molar-refractivity contribution >= 4 is 5.97 Å². The highest BCUT2D eigenvalue weighted by Gasteiger charge is 2.58. The first-order chi connectivity index (χ1) is 13.5. The molecule has 8 nitrogen and oxygen atoms in total. The Hall–Kier alpha value is -2.69. The van der Waals surface area contributed by atoms with Crippen LogP contribution in [0.1, 0.15) is 60.8 Å². The number of carbonyl (C=O) groups is 1. The molecule has 3 rings (SSSR count). The topological polar surface area (TPSA) is 119 Å². The Morgan fingerprint density at radius 3 is 2.66 bits per heavy atom. The second-order valence-corrected chi connectivity index (χ2v) is 7.11. The lowest BCUT2D eigenvalue weighted by atomic mass is 9.94. The maximum atomic E-state index is 13.6. The zero-order valence-corrected chi connectivity index (χ0v) is 15.8. The number of ether oxygens (including phenoxy) is 1. The number of aromatic carboxylic acids is 1. The standard InChI is InChI=1S/C18H20F3N3O5/c1-9-8-11(15(25)26)12-14-23-24-16(29-14)17(27,18(19,20)21)7-5-3-4-6-10(2)28-13(9)22-12/h8,10,27H,3-7H2,1-2H3,(H,25,26)/t10-,17-/m1/s1. The van der Waals surface area contributed by atoms with Crippen molar-refractivity contribution in [1.82, 2.24) is 15.2 Å². The summed E-state index contributed by atoms with van der Waals surface area (Å²) in [6.45, 7) is 3.39. The number of pyridine rings is 1. The maximum absolute atomic E-state index is 13.6. The molecule has 0 radical (unpaired) electrons. The van der Waals surface area contributed by atoms with E-state index in [9.17, 15) is 28.2 Å². The molecule has 0 spiro atoms. The molecule has 0 saturated carbocycles. The van der Waals surface area contributed by atoms with Crippen molar-refractivity contribution in [2.24, 2.45) is 0 Å². The van der Waals surface area contributed by atoms with E-state index in [4.69, 9.17) is 9.15 Å². The first-order valence-corrected chi connectivity index (χ1v) is 9.08. The first kappa shape index (κ1) is 21.0. The van der Waals surface area contributed by atoms with Gasteiger partial charge in [-0.2, -0.15) is 13.2 Å². The van der Waals surface area contributed by atoms with Gasteiger partial charge in [-0.05, 0) is 45.6 Å². The summed E-state index contributed by atoms with van der Waals surface area (Å²) in [6.07, 6.45) is -4.38. The van der Waals surface area contributed by atoms with E-state index in [1.165, 1.54) is 6.07 Å². The van der Waals surface area contributed by atoms with Crippen molar-refractivity contribution in [2.45, 2.75) is 63.8 Å². The Morgan fingerprint density at radius 2 is 2.00 bits per heavy atom. The zero-order chi connectivity index (χ0) is 21.4. The van der Waals surface area contributed by atoms with Gasteiger partial charge in [-0.3, -0.25) is 0 Å². The smallest absolute Gasteiger partial charge is 0.426 e. The predicted molar refractivity (Wildman–Crippen MR) is 92.4 cm³/mol. The van der Waals surface area contributed by atoms with Crippen LogP contribution in [-0.4, -0.2) is 43.6 Å². The van der Waals surface area contributed by atoms with E-state index in [0.717, 1.165) is 0 Å². The van der Waals surface area contributed by atoms with Gasteiger partial charge in [0.1, 0.15) is 5.69 Å². The lowest BCUT2D eigenvalue weighted by molar-refractivity contribution is -0.277. The zero-order valence-electron chi connectivity index (χ0n) is 15.8. The molecule has 29 heavy (non-hydrogen) atoms. The van der Waals surface area contributed by atoms with Crippen LogP contribution in [0.5, 0.6) is 5.88 Å². The molecule has 2 aromatic rings. The quantitative estimate of drug-likeness (QED) is 0.725. The van der Waals surface area contributed by atoms with Crippen molar-refractivity contribution in [3.8, 4) is 17.5 Å². The van der Waals surface area contributed by atoms with Crippen molar-refractivity contribution in [3.63, 3.8) is 0 Å². The number of aryl methyl sites for hydroxylation is 1. The van der Waals surface area contributed by atoms with Crippen LogP contribution < -0.4 is 4.74 Å². The Bertz CT molecular complexity index is 915. The SMILES string of the molecule is Cc1cc(C(=O)O)c2nc1O[C@H](C)CCCCC[C@](O)(C(F)(F)F)c1nnc-2o1. The van der Waals surface area contributed by atoms with Crippen molar-refractivity contribution < 1.29 is 37.3 Å². The number of fused-ring (bicyclic) bond motifs is 5. The van der Waals surface area contributed by atoms with Crippen LogP contribution in [0.4, 0.5) is 13.2 Å². The van der Waals surface area contributed by atoms with E-state index in [-0.39, 0.29) is 29.7 Å². The van der Waals surface area contributed by atoms with Gasteiger partial charge >= 0.3 is 12.1 Å². The Morgan fingerprint density at radius 1 is 1.28 bits per heavy atom. The molecule has 0 aliphatic carbocycles. The summed E-state index contributed by atoms with van der Waals surface area (Å²) in [7, 11) is 0. The molecule has 2 atom stereocenters. The lowest BCUT2D eigenvalue weighted by Gasteiger charge is -2.27. The number of carboxylic acid groups (broad SMARTS) is 1. The molecular formula is C18H20F3N3O5. The van der Waals surface area contributed by atoms with Crippen LogP contribution in [0.25, 0.3) is 11.6 Å². The predicted octanol–water partition coefficient (Wildman–Crippen LogP) is 3.62. The molecule has 3 heterocycles. The average Bonchev–Trinajstić information content (AvgIpc) is 3.11. The number of rotatable bonds is 1. The fourth-order valence-corrected chi connectivity index (χ4v) is 3.14. The summed E-state index contributed by atoms with van der Waals surface area (Å²) in [5.74, 6) is -2.84. The van der Waals surface area contributed by atoms with Crippen molar-refractivity contribution in [1.29, 1.82) is 0 Å². The van der Waals surface area contributed by atoms with Gasteiger partial charge in [0.25, 0.3) is 11.8 Å². The molecule has 4 bridgehead atoms. The third kappa shape index (κ3) is 4.04. The molecular weight excluding hydrogens is 395 g/mol. The van der Waals surface area contributed by atoms with Crippen LogP contribution in [0, 0.1) is 6.92 Å². The Balaban J connectivity index is 2.18. The van der Waals surface area contributed by atoms with Gasteiger partial charge in [-0.15, -0.1) is 10.2 Å². The van der Waals surface area contributed by atoms with Gasteiger partial charge < -0.3 is 19.4 Å². The number of hydrogen-bond donors (Lipinski definition) is 2. The minimum absolute atomic E-state index is 0.0728. The Labute approximate surface area is 163 Å². The second kappa shape index (κ2) is 7.62. The third-order valence-corrected chi connectivity index (χ3v) is 4.81. The van der Waals surface area contributed by atoms with Gasteiger partial charge in [0.05, 0.1) is 11.7 Å². The lowest BCUT2D eigenvalue weighted by Crippen LogP contribution is -2.42. The third-order valence-electron chi connectivity index (χ3n) is 4.81. The molecule has 0 saturated heterocycles. The normalized spacial score (nSPS) is 23.2. The number of halogens is 3. The maximum Gasteiger partial charge on any atom is 0.426 e. The average molecular weight is 415 g/mol. The van der Waals surface area contributed by atoms with Gasteiger partial charge in [-0.25, -0.2) is 9.78 Å².